The second kappa shape index (κ2) is 5.87. The lowest BCUT2D eigenvalue weighted by Crippen LogP contribution is -2.36. The molecular weight excluding hydrogens is 258 g/mol. The van der Waals surface area contributed by atoms with E-state index in [2.05, 4.69) is 0 Å². The van der Waals surface area contributed by atoms with Gasteiger partial charge in [0.1, 0.15) is 11.4 Å². The number of rotatable bonds is 3. The van der Waals surface area contributed by atoms with Crippen molar-refractivity contribution in [2.24, 2.45) is 5.92 Å². The smallest absolute Gasteiger partial charge is 0.410 e. The highest BCUT2D eigenvalue weighted by Gasteiger charge is 2.33. The van der Waals surface area contributed by atoms with Crippen LogP contribution in [0.15, 0.2) is 22.8 Å². The van der Waals surface area contributed by atoms with Gasteiger partial charge in [-0.25, -0.2) is 4.79 Å². The molecule has 0 spiro atoms. The molecule has 0 bridgehead atoms. The van der Waals surface area contributed by atoms with Crippen molar-refractivity contribution >= 4 is 6.09 Å². The van der Waals surface area contributed by atoms with Gasteiger partial charge in [0, 0.05) is 25.4 Å². The van der Waals surface area contributed by atoms with E-state index < -0.39 is 11.7 Å². The Kier molecular flexibility index (Phi) is 4.38. The molecule has 0 aromatic carbocycles. The highest BCUT2D eigenvalue weighted by Crippen LogP contribution is 2.24. The first-order chi connectivity index (χ1) is 9.35. The molecule has 2 heterocycles. The summed E-state index contributed by atoms with van der Waals surface area (Å²) < 4.78 is 10.6. The second-order valence-corrected chi connectivity index (χ2v) is 6.33. The fraction of sp³-hybridized carbons (Fsp3) is 0.667. The molecule has 1 fully saturated rings. The van der Waals surface area contributed by atoms with Crippen LogP contribution in [0.1, 0.15) is 33.0 Å². The van der Waals surface area contributed by atoms with Gasteiger partial charge in [0.25, 0.3) is 0 Å². The van der Waals surface area contributed by atoms with Crippen LogP contribution in [-0.4, -0.2) is 40.9 Å². The Hall–Kier alpha value is -1.49. The molecule has 0 aliphatic carbocycles. The van der Waals surface area contributed by atoms with Crippen LogP contribution >= 0.6 is 0 Å². The number of furan rings is 1. The van der Waals surface area contributed by atoms with Crippen LogP contribution in [0.2, 0.25) is 0 Å². The molecule has 0 radical (unpaired) electrons. The molecule has 1 aliphatic rings. The summed E-state index contributed by atoms with van der Waals surface area (Å²) in [6.07, 6.45) is 2.09. The highest BCUT2D eigenvalue weighted by atomic mass is 16.6. The molecule has 1 amide bonds. The number of carbonyl (C=O) groups excluding carboxylic acids is 1. The predicted octanol–water partition coefficient (Wildman–Crippen LogP) is 2.44. The molecule has 1 aliphatic heterocycles. The average molecular weight is 281 g/mol. The van der Waals surface area contributed by atoms with Gasteiger partial charge in [0.05, 0.1) is 12.4 Å². The van der Waals surface area contributed by atoms with Crippen LogP contribution in [0.5, 0.6) is 0 Å². The number of carbonyl (C=O) groups is 1. The van der Waals surface area contributed by atoms with Crippen molar-refractivity contribution in [3.63, 3.8) is 0 Å². The lowest BCUT2D eigenvalue weighted by molar-refractivity contribution is 0.0268. The molecule has 0 saturated carbocycles. The number of hydrogen-bond donors (Lipinski definition) is 1. The fourth-order valence-electron chi connectivity index (χ4n) is 2.40. The van der Waals surface area contributed by atoms with E-state index in [1.807, 2.05) is 32.9 Å². The Bertz CT molecular complexity index is 435. The lowest BCUT2D eigenvalue weighted by atomic mass is 9.98. The van der Waals surface area contributed by atoms with Crippen molar-refractivity contribution in [1.82, 2.24) is 4.90 Å². The number of hydrogen-bond acceptors (Lipinski definition) is 4. The third kappa shape index (κ3) is 4.00. The van der Waals surface area contributed by atoms with Crippen LogP contribution in [0.4, 0.5) is 4.79 Å². The Labute approximate surface area is 119 Å². The molecule has 2 unspecified atom stereocenters. The third-order valence-electron chi connectivity index (χ3n) is 3.41. The first-order valence-electron chi connectivity index (χ1n) is 7.03. The maximum Gasteiger partial charge on any atom is 0.410 e. The molecule has 20 heavy (non-hydrogen) atoms. The van der Waals surface area contributed by atoms with Crippen molar-refractivity contribution in [2.45, 2.75) is 45.3 Å². The van der Waals surface area contributed by atoms with Gasteiger partial charge in [0.15, 0.2) is 0 Å². The van der Waals surface area contributed by atoms with E-state index >= 15 is 0 Å². The van der Waals surface area contributed by atoms with E-state index in [1.165, 1.54) is 0 Å². The number of likely N-dealkylation sites (tertiary alicyclic amines) is 1. The average Bonchev–Trinajstić information content (AvgIpc) is 2.96. The minimum Gasteiger partial charge on any atom is -0.469 e. The molecular formula is C15H23NO4. The topological polar surface area (TPSA) is 62.9 Å². The van der Waals surface area contributed by atoms with Crippen molar-refractivity contribution in [3.8, 4) is 0 Å². The zero-order valence-electron chi connectivity index (χ0n) is 12.3. The van der Waals surface area contributed by atoms with Gasteiger partial charge in [0.2, 0.25) is 0 Å². The number of amides is 1. The Balaban J connectivity index is 1.84. The number of aliphatic hydroxyl groups excluding tert-OH is 1. The summed E-state index contributed by atoms with van der Waals surface area (Å²) in [6.45, 7) is 6.73. The van der Waals surface area contributed by atoms with E-state index in [4.69, 9.17) is 9.15 Å². The summed E-state index contributed by atoms with van der Waals surface area (Å²) in [5, 5.41) is 10.2. The Morgan fingerprint density at radius 2 is 2.35 bits per heavy atom. The van der Waals surface area contributed by atoms with Gasteiger partial charge >= 0.3 is 6.09 Å². The molecule has 2 rings (SSSR count). The minimum atomic E-state index is -0.492. The number of ether oxygens (including phenoxy) is 1. The van der Waals surface area contributed by atoms with Gasteiger partial charge < -0.3 is 19.2 Å². The van der Waals surface area contributed by atoms with Gasteiger partial charge in [-0.3, -0.25) is 0 Å². The van der Waals surface area contributed by atoms with Crippen LogP contribution in [0, 0.1) is 5.92 Å². The normalized spacial score (nSPS) is 21.0. The maximum atomic E-state index is 11.9. The summed E-state index contributed by atoms with van der Waals surface area (Å²) in [4.78, 5) is 13.6. The van der Waals surface area contributed by atoms with Gasteiger partial charge in [-0.1, -0.05) is 0 Å². The van der Waals surface area contributed by atoms with Crippen LogP contribution in [0.25, 0.3) is 0 Å². The van der Waals surface area contributed by atoms with E-state index in [1.54, 1.807) is 11.2 Å². The number of nitrogens with zero attached hydrogens (tertiary/aromatic N) is 1. The van der Waals surface area contributed by atoms with Crippen molar-refractivity contribution < 1.29 is 19.1 Å². The molecule has 2 atom stereocenters. The largest absolute Gasteiger partial charge is 0.469 e. The SMILES string of the molecule is CC(C)(C)OC(=O)N1CCC(C(O)Cc2ccco2)C1. The van der Waals surface area contributed by atoms with E-state index in [9.17, 15) is 9.90 Å². The summed E-state index contributed by atoms with van der Waals surface area (Å²) in [7, 11) is 0. The minimum absolute atomic E-state index is 0.0765. The van der Waals surface area contributed by atoms with Crippen molar-refractivity contribution in [2.75, 3.05) is 13.1 Å². The quantitative estimate of drug-likeness (QED) is 0.924. The van der Waals surface area contributed by atoms with Crippen LogP contribution in [0.3, 0.4) is 0 Å². The molecule has 5 nitrogen and oxygen atoms in total. The standard InChI is InChI=1S/C15H23NO4/c1-15(2,3)20-14(18)16-7-6-11(10-16)13(17)9-12-5-4-8-19-12/h4-5,8,11,13,17H,6-7,9-10H2,1-3H3. The number of aliphatic hydroxyl groups is 1. The fourth-order valence-corrected chi connectivity index (χ4v) is 2.40. The first-order valence-corrected chi connectivity index (χ1v) is 7.03. The second-order valence-electron chi connectivity index (χ2n) is 6.33. The first kappa shape index (κ1) is 14.9. The Morgan fingerprint density at radius 3 is 2.95 bits per heavy atom. The molecule has 1 saturated heterocycles. The van der Waals surface area contributed by atoms with E-state index in [0.29, 0.717) is 19.5 Å². The molecule has 1 aromatic heterocycles. The molecule has 1 aromatic rings. The van der Waals surface area contributed by atoms with Crippen LogP contribution < -0.4 is 0 Å². The van der Waals surface area contributed by atoms with Crippen LogP contribution in [-0.2, 0) is 11.2 Å². The zero-order chi connectivity index (χ0) is 14.8. The maximum absolute atomic E-state index is 11.9. The van der Waals surface area contributed by atoms with E-state index in [0.717, 1.165) is 12.2 Å². The Morgan fingerprint density at radius 1 is 1.60 bits per heavy atom. The highest BCUT2D eigenvalue weighted by molar-refractivity contribution is 5.68. The van der Waals surface area contributed by atoms with Gasteiger partial charge in [-0.15, -0.1) is 0 Å². The van der Waals surface area contributed by atoms with Crippen molar-refractivity contribution in [3.05, 3.63) is 24.2 Å². The molecule has 5 heteroatoms. The summed E-state index contributed by atoms with van der Waals surface area (Å²) >= 11 is 0. The van der Waals surface area contributed by atoms with Gasteiger partial charge in [-0.05, 0) is 39.3 Å². The zero-order valence-corrected chi connectivity index (χ0v) is 12.3. The monoisotopic (exact) mass is 281 g/mol. The summed E-state index contributed by atoms with van der Waals surface area (Å²) in [6, 6.07) is 3.66. The lowest BCUT2D eigenvalue weighted by Gasteiger charge is -2.25. The summed E-state index contributed by atoms with van der Waals surface area (Å²) in [5.41, 5.74) is -0.484. The van der Waals surface area contributed by atoms with Crippen molar-refractivity contribution in [1.29, 1.82) is 0 Å². The van der Waals surface area contributed by atoms with E-state index in [-0.39, 0.29) is 12.0 Å². The predicted molar refractivity (Wildman–Crippen MR) is 74.3 cm³/mol. The third-order valence-corrected chi connectivity index (χ3v) is 3.41. The summed E-state index contributed by atoms with van der Waals surface area (Å²) in [5.74, 6) is 0.848. The molecule has 112 valence electrons. The molecule has 1 N–H and O–H groups in total. The van der Waals surface area contributed by atoms with Gasteiger partial charge in [-0.2, -0.15) is 0 Å².